The summed E-state index contributed by atoms with van der Waals surface area (Å²) in [5, 5.41) is 0. The van der Waals surface area contributed by atoms with Crippen molar-refractivity contribution < 1.29 is 12.8 Å². The summed E-state index contributed by atoms with van der Waals surface area (Å²) in [5.41, 5.74) is 0. The average molecular weight is 275 g/mol. The van der Waals surface area contributed by atoms with Crippen LogP contribution >= 0.6 is 11.8 Å². The van der Waals surface area contributed by atoms with Gasteiger partial charge in [0.15, 0.2) is 0 Å². The van der Waals surface area contributed by atoms with Crippen molar-refractivity contribution in [3.05, 3.63) is 30.1 Å². The molecular formula is C11H14FNO2S2. The van der Waals surface area contributed by atoms with E-state index in [1.807, 2.05) is 11.8 Å². The molecule has 1 aliphatic heterocycles. The normalized spacial score (nSPS) is 18.2. The predicted octanol–water partition coefficient (Wildman–Crippen LogP) is 2.00. The van der Waals surface area contributed by atoms with Gasteiger partial charge in [-0.3, -0.25) is 0 Å². The van der Waals surface area contributed by atoms with E-state index in [0.29, 0.717) is 0 Å². The Kier molecular flexibility index (Phi) is 4.06. The maximum Gasteiger partial charge on any atom is 0.240 e. The largest absolute Gasteiger partial charge is 0.240 e. The first kappa shape index (κ1) is 12.9. The zero-order valence-corrected chi connectivity index (χ0v) is 10.9. The Balaban J connectivity index is 2.10. The van der Waals surface area contributed by atoms with Crippen molar-refractivity contribution in [2.75, 3.05) is 11.5 Å². The molecule has 0 unspecified atom stereocenters. The lowest BCUT2D eigenvalue weighted by molar-refractivity contribution is 0.528. The van der Waals surface area contributed by atoms with E-state index in [2.05, 4.69) is 4.72 Å². The maximum absolute atomic E-state index is 12.7. The van der Waals surface area contributed by atoms with Crippen LogP contribution in [0.5, 0.6) is 0 Å². The molecule has 3 nitrogen and oxygen atoms in total. The SMILES string of the molecule is O=S(=O)(NC1CCSCC1)c1ccc(F)cc1. The van der Waals surface area contributed by atoms with E-state index < -0.39 is 15.8 Å². The Hall–Kier alpha value is -0.590. The van der Waals surface area contributed by atoms with Gasteiger partial charge in [0.2, 0.25) is 10.0 Å². The average Bonchev–Trinajstić information content (AvgIpc) is 2.30. The highest BCUT2D eigenvalue weighted by atomic mass is 32.2. The molecule has 0 atom stereocenters. The quantitative estimate of drug-likeness (QED) is 0.917. The smallest absolute Gasteiger partial charge is 0.208 e. The highest BCUT2D eigenvalue weighted by molar-refractivity contribution is 7.99. The van der Waals surface area contributed by atoms with Gasteiger partial charge in [0.1, 0.15) is 5.82 Å². The molecule has 0 bridgehead atoms. The fraction of sp³-hybridized carbons (Fsp3) is 0.455. The molecule has 1 heterocycles. The van der Waals surface area contributed by atoms with Gasteiger partial charge in [0, 0.05) is 6.04 Å². The summed E-state index contributed by atoms with van der Waals surface area (Å²) in [6.07, 6.45) is 1.70. The fourth-order valence-corrected chi connectivity index (χ4v) is 4.13. The molecule has 6 heteroatoms. The molecule has 17 heavy (non-hydrogen) atoms. The maximum atomic E-state index is 12.7. The Morgan fingerprint density at radius 2 is 1.76 bits per heavy atom. The number of rotatable bonds is 3. The van der Waals surface area contributed by atoms with Crippen LogP contribution in [0, 0.1) is 5.82 Å². The van der Waals surface area contributed by atoms with Crippen LogP contribution in [0.25, 0.3) is 0 Å². The molecule has 0 radical (unpaired) electrons. The fourth-order valence-electron chi connectivity index (χ4n) is 1.72. The second kappa shape index (κ2) is 5.37. The summed E-state index contributed by atoms with van der Waals surface area (Å²) in [6.45, 7) is 0. The number of benzene rings is 1. The minimum Gasteiger partial charge on any atom is -0.208 e. The molecule has 1 aromatic rings. The molecule has 1 N–H and O–H groups in total. The van der Waals surface area contributed by atoms with Crippen LogP contribution in [-0.2, 0) is 10.0 Å². The number of hydrogen-bond acceptors (Lipinski definition) is 3. The third-order valence-corrected chi connectivity index (χ3v) is 5.25. The van der Waals surface area contributed by atoms with Crippen molar-refractivity contribution >= 4 is 21.8 Å². The Labute approximate surface area is 105 Å². The molecule has 2 rings (SSSR count). The number of hydrogen-bond donors (Lipinski definition) is 1. The van der Waals surface area contributed by atoms with Gasteiger partial charge in [-0.05, 0) is 48.6 Å². The molecule has 1 aliphatic rings. The van der Waals surface area contributed by atoms with Gasteiger partial charge in [0.05, 0.1) is 4.90 Å². The van der Waals surface area contributed by atoms with E-state index >= 15 is 0 Å². The van der Waals surface area contributed by atoms with Crippen LogP contribution in [0.3, 0.4) is 0 Å². The first-order valence-electron chi connectivity index (χ1n) is 5.43. The van der Waals surface area contributed by atoms with Crippen LogP contribution < -0.4 is 4.72 Å². The molecule has 0 spiro atoms. The predicted molar refractivity (Wildman–Crippen MR) is 67.1 cm³/mol. The third kappa shape index (κ3) is 3.43. The van der Waals surface area contributed by atoms with Gasteiger partial charge in [-0.2, -0.15) is 11.8 Å². The van der Waals surface area contributed by atoms with Crippen LogP contribution in [0.15, 0.2) is 29.2 Å². The summed E-state index contributed by atoms with van der Waals surface area (Å²) in [7, 11) is -3.50. The van der Waals surface area contributed by atoms with E-state index in [0.717, 1.165) is 36.5 Å². The van der Waals surface area contributed by atoms with Crippen molar-refractivity contribution in [1.29, 1.82) is 0 Å². The molecule has 94 valence electrons. The lowest BCUT2D eigenvalue weighted by atomic mass is 10.2. The number of halogens is 1. The van der Waals surface area contributed by atoms with Gasteiger partial charge in [0.25, 0.3) is 0 Å². The summed E-state index contributed by atoms with van der Waals surface area (Å²) < 4.78 is 39.3. The van der Waals surface area contributed by atoms with E-state index in [1.54, 1.807) is 0 Å². The van der Waals surface area contributed by atoms with Crippen molar-refractivity contribution in [2.24, 2.45) is 0 Å². The lowest BCUT2D eigenvalue weighted by Gasteiger charge is -2.22. The standard InChI is InChI=1S/C11H14FNO2S2/c12-9-1-3-11(4-2-9)17(14,15)13-10-5-7-16-8-6-10/h1-4,10,13H,5-8H2. The van der Waals surface area contributed by atoms with Gasteiger partial charge >= 0.3 is 0 Å². The third-order valence-electron chi connectivity index (χ3n) is 2.67. The molecule has 0 aromatic heterocycles. The zero-order valence-electron chi connectivity index (χ0n) is 9.23. The number of sulfonamides is 1. The first-order valence-corrected chi connectivity index (χ1v) is 8.07. The molecule has 1 aromatic carbocycles. The second-order valence-electron chi connectivity index (χ2n) is 3.96. The van der Waals surface area contributed by atoms with Crippen molar-refractivity contribution in [1.82, 2.24) is 4.72 Å². The summed E-state index contributed by atoms with van der Waals surface area (Å²) in [6, 6.07) is 4.90. The first-order chi connectivity index (χ1) is 8.08. The number of thioether (sulfide) groups is 1. The van der Waals surface area contributed by atoms with Crippen LogP contribution in [0.1, 0.15) is 12.8 Å². The molecule has 0 saturated carbocycles. The van der Waals surface area contributed by atoms with E-state index in [1.165, 1.54) is 12.1 Å². The molecule has 0 aliphatic carbocycles. The second-order valence-corrected chi connectivity index (χ2v) is 6.90. The Morgan fingerprint density at radius 1 is 1.18 bits per heavy atom. The summed E-state index contributed by atoms with van der Waals surface area (Å²) in [4.78, 5) is 0.122. The summed E-state index contributed by atoms with van der Waals surface area (Å²) in [5.74, 6) is 1.53. The van der Waals surface area contributed by atoms with E-state index in [-0.39, 0.29) is 10.9 Å². The van der Waals surface area contributed by atoms with Crippen molar-refractivity contribution in [3.8, 4) is 0 Å². The summed E-state index contributed by atoms with van der Waals surface area (Å²) >= 11 is 1.84. The monoisotopic (exact) mass is 275 g/mol. The van der Waals surface area contributed by atoms with Crippen molar-refractivity contribution in [2.45, 2.75) is 23.8 Å². The van der Waals surface area contributed by atoms with Crippen molar-refractivity contribution in [3.63, 3.8) is 0 Å². The highest BCUT2D eigenvalue weighted by Crippen LogP contribution is 2.19. The Bertz CT molecular complexity index is 467. The minimum atomic E-state index is -3.50. The molecule has 0 amide bonds. The van der Waals surface area contributed by atoms with Crippen LogP contribution in [-0.4, -0.2) is 26.0 Å². The number of nitrogens with one attached hydrogen (secondary N) is 1. The Morgan fingerprint density at radius 3 is 2.35 bits per heavy atom. The van der Waals surface area contributed by atoms with Gasteiger partial charge in [-0.15, -0.1) is 0 Å². The van der Waals surface area contributed by atoms with Crippen LogP contribution in [0.2, 0.25) is 0 Å². The van der Waals surface area contributed by atoms with Crippen LogP contribution in [0.4, 0.5) is 4.39 Å². The molecule has 1 saturated heterocycles. The van der Waals surface area contributed by atoms with Gasteiger partial charge in [-0.25, -0.2) is 17.5 Å². The van der Waals surface area contributed by atoms with Gasteiger partial charge in [-0.1, -0.05) is 0 Å². The van der Waals surface area contributed by atoms with E-state index in [9.17, 15) is 12.8 Å². The highest BCUT2D eigenvalue weighted by Gasteiger charge is 2.21. The van der Waals surface area contributed by atoms with E-state index in [4.69, 9.17) is 0 Å². The molecular weight excluding hydrogens is 261 g/mol. The zero-order chi connectivity index (χ0) is 12.3. The van der Waals surface area contributed by atoms with Gasteiger partial charge < -0.3 is 0 Å². The minimum absolute atomic E-state index is 0.00584. The lowest BCUT2D eigenvalue weighted by Crippen LogP contribution is -2.37. The molecule has 1 fully saturated rings. The topological polar surface area (TPSA) is 46.2 Å².